The number of carbonyl (C=O) groups excluding carboxylic acids is 7. The first-order valence-corrected chi connectivity index (χ1v) is 27.5. The standard InChI is InChI=1S/C58H76N10O17/c59-27-3-1-5-42(62-54(80)46(30-34-9-17-38(70)18-10-34)67-56(82)45(29-33-7-15-37(69)16-8-33)65-51(77)41(61)23-25-49(73)74)52(78)63-43(24-26-50(75)76)53(79)66-48(32-36-13-21-40(72)22-14-36)57(83)68-47(31-35-11-19-39(71)20-12-35)55(81)64-44(58(84)85)6-2-4-28-60/h7-22,41-48,69-72H,1-6,23-32,59-61H2,(H,62,80)(H,63,78)(H,64,81)(H,65,77)(H,66,79)(H,67,82)(H,68,83)(H,73,74)(H,75,76)(H,84,85)/t41-,42-,43-,44-,45-,46-,47-,48-/m0/s1. The molecule has 4 aromatic rings. The van der Waals surface area contributed by atoms with Gasteiger partial charge in [-0.15, -0.1) is 0 Å². The van der Waals surface area contributed by atoms with Crippen LogP contribution in [-0.2, 0) is 73.6 Å². The maximum Gasteiger partial charge on any atom is 0.326 e. The number of aliphatic carboxylic acids is 3. The molecule has 20 N–H and O–H groups in total. The summed E-state index contributed by atoms with van der Waals surface area (Å²) in [7, 11) is 0. The Hall–Kier alpha value is -9.34. The van der Waals surface area contributed by atoms with E-state index < -0.39 is 127 Å². The minimum atomic E-state index is -1.74. The first-order chi connectivity index (χ1) is 40.4. The monoisotopic (exact) mass is 1180 g/mol. The van der Waals surface area contributed by atoms with Crippen LogP contribution in [0.25, 0.3) is 0 Å². The number of nitrogens with one attached hydrogen (secondary N) is 7. The molecule has 0 heterocycles. The number of phenolic OH excluding ortho intramolecular Hbond substituents is 4. The van der Waals surface area contributed by atoms with Crippen molar-refractivity contribution in [2.75, 3.05) is 13.1 Å². The number of amides is 7. The molecule has 0 aliphatic rings. The Labute approximate surface area is 489 Å². The van der Waals surface area contributed by atoms with Gasteiger partial charge in [0, 0.05) is 38.5 Å². The fraction of sp³-hybridized carbons (Fsp3) is 0.414. The molecule has 0 aliphatic carbocycles. The Bertz CT molecular complexity index is 2880. The van der Waals surface area contributed by atoms with E-state index in [1.165, 1.54) is 97.1 Å². The second-order valence-electron chi connectivity index (χ2n) is 20.3. The van der Waals surface area contributed by atoms with Crippen molar-refractivity contribution in [3.63, 3.8) is 0 Å². The molecule has 8 atom stereocenters. The molecule has 0 spiro atoms. The van der Waals surface area contributed by atoms with Crippen molar-refractivity contribution < 1.29 is 83.7 Å². The second kappa shape index (κ2) is 34.9. The fourth-order valence-electron chi connectivity index (χ4n) is 8.68. The van der Waals surface area contributed by atoms with Crippen molar-refractivity contribution in [2.45, 2.75) is 138 Å². The molecule has 4 rings (SSSR count). The maximum absolute atomic E-state index is 14.6. The van der Waals surface area contributed by atoms with Gasteiger partial charge >= 0.3 is 17.9 Å². The van der Waals surface area contributed by atoms with E-state index in [1.54, 1.807) is 0 Å². The van der Waals surface area contributed by atoms with Gasteiger partial charge in [-0.05, 0) is 135 Å². The minimum absolute atomic E-state index is 0.00413. The Morgan fingerprint density at radius 3 is 0.871 bits per heavy atom. The summed E-state index contributed by atoms with van der Waals surface area (Å²) >= 11 is 0. The number of aromatic hydroxyl groups is 4. The summed E-state index contributed by atoms with van der Waals surface area (Å²) in [6, 6.07) is 10.0. The number of unbranched alkanes of at least 4 members (excludes halogenated alkanes) is 2. The van der Waals surface area contributed by atoms with E-state index in [0.717, 1.165) is 0 Å². The van der Waals surface area contributed by atoms with Crippen molar-refractivity contribution in [1.29, 1.82) is 0 Å². The summed E-state index contributed by atoms with van der Waals surface area (Å²) in [6.45, 7) is 0.413. The molecular weight excluding hydrogens is 1110 g/mol. The number of carboxylic acid groups (broad SMARTS) is 3. The third-order valence-corrected chi connectivity index (χ3v) is 13.5. The van der Waals surface area contributed by atoms with Crippen molar-refractivity contribution >= 4 is 59.3 Å². The number of carboxylic acids is 3. The molecule has 85 heavy (non-hydrogen) atoms. The van der Waals surface area contributed by atoms with Crippen molar-refractivity contribution in [3.05, 3.63) is 119 Å². The number of hydrogen-bond acceptors (Lipinski definition) is 17. The molecule has 0 unspecified atom stereocenters. The van der Waals surface area contributed by atoms with Crippen LogP contribution in [0.2, 0.25) is 0 Å². The average Bonchev–Trinajstić information content (AvgIpc) is 3.62. The lowest BCUT2D eigenvalue weighted by molar-refractivity contribution is -0.142. The number of hydrogen-bond donors (Lipinski definition) is 17. The first kappa shape index (κ1) is 68.2. The Kier molecular flexibility index (Phi) is 28.0. The number of phenols is 4. The quantitative estimate of drug-likeness (QED) is 0.0255. The highest BCUT2D eigenvalue weighted by Gasteiger charge is 2.35. The van der Waals surface area contributed by atoms with E-state index in [1.807, 2.05) is 0 Å². The third kappa shape index (κ3) is 24.6. The number of carbonyl (C=O) groups is 10. The number of rotatable bonds is 37. The summed E-state index contributed by atoms with van der Waals surface area (Å²) in [6.07, 6.45) is -1.95. The Balaban J connectivity index is 1.69. The molecule has 0 saturated heterocycles. The zero-order valence-electron chi connectivity index (χ0n) is 46.6. The van der Waals surface area contributed by atoms with Crippen molar-refractivity contribution in [1.82, 2.24) is 37.2 Å². The first-order valence-electron chi connectivity index (χ1n) is 27.5. The normalized spacial score (nSPS) is 13.8. The lowest BCUT2D eigenvalue weighted by Crippen LogP contribution is -2.61. The highest BCUT2D eigenvalue weighted by molar-refractivity contribution is 5.98. The SMILES string of the molecule is NCCCC[C@H](NC(=O)[C@H](Cc1ccc(O)cc1)NC(=O)[C@H](Cc1ccc(O)cc1)NC(=O)[C@H](CCC(=O)O)NC(=O)[C@H](CCCCN)NC(=O)[C@H](Cc1ccc(O)cc1)NC(=O)[C@H](Cc1ccc(O)cc1)NC(=O)[C@@H](N)CCC(=O)O)C(=O)O. The highest BCUT2D eigenvalue weighted by Crippen LogP contribution is 2.18. The van der Waals surface area contributed by atoms with Gasteiger partial charge in [-0.1, -0.05) is 48.5 Å². The molecular formula is C58H76N10O17. The summed E-state index contributed by atoms with van der Waals surface area (Å²) in [5.41, 5.74) is 19.0. The second-order valence-corrected chi connectivity index (χ2v) is 20.3. The number of nitrogens with two attached hydrogens (primary N) is 3. The third-order valence-electron chi connectivity index (χ3n) is 13.5. The lowest BCUT2D eigenvalue weighted by atomic mass is 10.0. The largest absolute Gasteiger partial charge is 0.508 e. The van der Waals surface area contributed by atoms with E-state index in [0.29, 0.717) is 41.5 Å². The van der Waals surface area contributed by atoms with Crippen LogP contribution in [-0.4, -0.2) is 156 Å². The van der Waals surface area contributed by atoms with Gasteiger partial charge in [0.05, 0.1) is 6.04 Å². The summed E-state index contributed by atoms with van der Waals surface area (Å²) in [5.74, 6) is -11.3. The van der Waals surface area contributed by atoms with Crippen molar-refractivity contribution in [2.24, 2.45) is 17.2 Å². The van der Waals surface area contributed by atoms with Gasteiger partial charge in [-0.2, -0.15) is 0 Å². The maximum atomic E-state index is 14.6. The van der Waals surface area contributed by atoms with Crippen LogP contribution in [0.15, 0.2) is 97.1 Å². The molecule has 0 aliphatic heterocycles. The van der Waals surface area contributed by atoms with E-state index in [9.17, 15) is 83.7 Å². The molecule has 460 valence electrons. The molecule has 27 nitrogen and oxygen atoms in total. The van der Waals surface area contributed by atoms with Crippen LogP contribution in [0.1, 0.15) is 86.5 Å². The molecule has 0 saturated carbocycles. The van der Waals surface area contributed by atoms with Gasteiger partial charge in [0.25, 0.3) is 0 Å². The predicted octanol–water partition coefficient (Wildman–Crippen LogP) is -0.427. The van der Waals surface area contributed by atoms with E-state index in [-0.39, 0.29) is 87.5 Å². The zero-order chi connectivity index (χ0) is 62.6. The molecule has 0 aromatic heterocycles. The van der Waals surface area contributed by atoms with Gasteiger partial charge in [-0.25, -0.2) is 4.79 Å². The molecule has 4 aromatic carbocycles. The Morgan fingerprint density at radius 1 is 0.329 bits per heavy atom. The predicted molar refractivity (Wildman–Crippen MR) is 306 cm³/mol. The summed E-state index contributed by atoms with van der Waals surface area (Å²) in [5, 5.41) is 86.7. The smallest absolute Gasteiger partial charge is 0.326 e. The Morgan fingerprint density at radius 2 is 0.576 bits per heavy atom. The van der Waals surface area contributed by atoms with Crippen LogP contribution in [0, 0.1) is 0 Å². The van der Waals surface area contributed by atoms with Crippen molar-refractivity contribution in [3.8, 4) is 23.0 Å². The minimum Gasteiger partial charge on any atom is -0.508 e. The molecule has 0 fully saturated rings. The lowest BCUT2D eigenvalue weighted by Gasteiger charge is -2.28. The summed E-state index contributed by atoms with van der Waals surface area (Å²) in [4.78, 5) is 135. The van der Waals surface area contributed by atoms with E-state index >= 15 is 0 Å². The van der Waals surface area contributed by atoms with Gasteiger partial charge in [0.2, 0.25) is 41.4 Å². The van der Waals surface area contributed by atoms with Gasteiger partial charge < -0.3 is 90.2 Å². The van der Waals surface area contributed by atoms with Crippen LogP contribution >= 0.6 is 0 Å². The molecule has 27 heteroatoms. The molecule has 0 radical (unpaired) electrons. The fourth-order valence-corrected chi connectivity index (χ4v) is 8.68. The zero-order valence-corrected chi connectivity index (χ0v) is 46.6. The number of benzene rings is 4. The van der Waals surface area contributed by atoms with Crippen LogP contribution in [0.4, 0.5) is 0 Å². The van der Waals surface area contributed by atoms with Crippen LogP contribution in [0.5, 0.6) is 23.0 Å². The van der Waals surface area contributed by atoms with Crippen LogP contribution < -0.4 is 54.4 Å². The summed E-state index contributed by atoms with van der Waals surface area (Å²) < 4.78 is 0. The van der Waals surface area contributed by atoms with Gasteiger partial charge in [-0.3, -0.25) is 43.2 Å². The molecule has 0 bridgehead atoms. The molecule has 7 amide bonds. The highest BCUT2D eigenvalue weighted by atomic mass is 16.4. The van der Waals surface area contributed by atoms with Crippen LogP contribution in [0.3, 0.4) is 0 Å². The van der Waals surface area contributed by atoms with Gasteiger partial charge in [0.1, 0.15) is 65.3 Å². The topological polar surface area (TPSA) is 475 Å². The average molecular weight is 1190 g/mol. The van der Waals surface area contributed by atoms with E-state index in [4.69, 9.17) is 17.2 Å². The van der Waals surface area contributed by atoms with E-state index in [2.05, 4.69) is 37.2 Å². The van der Waals surface area contributed by atoms with Gasteiger partial charge in [0.15, 0.2) is 0 Å².